The van der Waals surface area contributed by atoms with E-state index < -0.39 is 5.97 Å². The molecule has 116 valence electrons. The molecule has 2 unspecified atom stereocenters. The predicted molar refractivity (Wildman–Crippen MR) is 84.2 cm³/mol. The summed E-state index contributed by atoms with van der Waals surface area (Å²) < 4.78 is 0. The number of rotatable bonds is 6. The Morgan fingerprint density at radius 1 is 1.33 bits per heavy atom. The van der Waals surface area contributed by atoms with Crippen molar-refractivity contribution in [3.05, 3.63) is 35.9 Å². The largest absolute Gasteiger partial charge is 0.480 e. The molecule has 1 heterocycles. The molecule has 0 spiro atoms. The molecule has 1 fully saturated rings. The summed E-state index contributed by atoms with van der Waals surface area (Å²) >= 11 is 0. The van der Waals surface area contributed by atoms with Gasteiger partial charge in [0.2, 0.25) is 0 Å². The number of hydrogen-bond acceptors (Lipinski definition) is 3. The van der Waals surface area contributed by atoms with Crippen LogP contribution in [0.5, 0.6) is 0 Å². The maximum absolute atomic E-state index is 11.2. The van der Waals surface area contributed by atoms with Crippen molar-refractivity contribution < 1.29 is 9.90 Å². The van der Waals surface area contributed by atoms with Gasteiger partial charge in [0.15, 0.2) is 0 Å². The van der Waals surface area contributed by atoms with Crippen LogP contribution in [0.2, 0.25) is 0 Å². The predicted octanol–water partition coefficient (Wildman–Crippen LogP) is 2.45. The van der Waals surface area contributed by atoms with E-state index in [1.807, 2.05) is 6.07 Å². The Morgan fingerprint density at radius 3 is 2.67 bits per heavy atom. The highest BCUT2D eigenvalue weighted by Crippen LogP contribution is 2.19. The summed E-state index contributed by atoms with van der Waals surface area (Å²) in [5.74, 6) is -0.721. The van der Waals surface area contributed by atoms with Crippen molar-refractivity contribution >= 4 is 5.97 Å². The van der Waals surface area contributed by atoms with Gasteiger partial charge in [-0.2, -0.15) is 0 Å². The van der Waals surface area contributed by atoms with E-state index >= 15 is 0 Å². The lowest BCUT2D eigenvalue weighted by Crippen LogP contribution is -2.56. The molecule has 1 aliphatic heterocycles. The van der Waals surface area contributed by atoms with Crippen LogP contribution in [0.25, 0.3) is 0 Å². The molecular weight excluding hydrogens is 264 g/mol. The van der Waals surface area contributed by atoms with E-state index in [1.165, 1.54) is 5.56 Å². The molecule has 1 aromatic carbocycles. The summed E-state index contributed by atoms with van der Waals surface area (Å²) in [6, 6.07) is 10.6. The summed E-state index contributed by atoms with van der Waals surface area (Å²) in [7, 11) is 0. The normalized spacial score (nSPS) is 22.1. The van der Waals surface area contributed by atoms with Gasteiger partial charge < -0.3 is 5.11 Å². The molecule has 0 aliphatic carbocycles. The van der Waals surface area contributed by atoms with E-state index in [2.05, 4.69) is 41.0 Å². The van der Waals surface area contributed by atoms with Gasteiger partial charge in [0.05, 0.1) is 0 Å². The van der Waals surface area contributed by atoms with E-state index in [4.69, 9.17) is 0 Å². The first kappa shape index (κ1) is 16.0. The fraction of sp³-hybridized carbons (Fsp3) is 0.588. The Kier molecular flexibility index (Phi) is 5.76. The van der Waals surface area contributed by atoms with Gasteiger partial charge >= 0.3 is 5.97 Å². The van der Waals surface area contributed by atoms with Crippen LogP contribution in [-0.4, -0.2) is 52.6 Å². The van der Waals surface area contributed by atoms with Gasteiger partial charge in [-0.1, -0.05) is 43.7 Å². The first-order chi connectivity index (χ1) is 10.1. The molecule has 21 heavy (non-hydrogen) atoms. The summed E-state index contributed by atoms with van der Waals surface area (Å²) in [4.78, 5) is 15.8. The van der Waals surface area contributed by atoms with Crippen molar-refractivity contribution in [2.45, 2.75) is 45.3 Å². The summed E-state index contributed by atoms with van der Waals surface area (Å²) in [6.07, 6.45) is 2.25. The van der Waals surface area contributed by atoms with Crippen LogP contribution < -0.4 is 0 Å². The van der Waals surface area contributed by atoms with Crippen molar-refractivity contribution in [1.29, 1.82) is 0 Å². The zero-order valence-electron chi connectivity index (χ0n) is 13.0. The van der Waals surface area contributed by atoms with Crippen molar-refractivity contribution in [3.63, 3.8) is 0 Å². The number of hydrogen-bond donors (Lipinski definition) is 1. The molecule has 1 saturated heterocycles. The molecule has 2 rings (SSSR count). The van der Waals surface area contributed by atoms with E-state index in [9.17, 15) is 9.90 Å². The van der Waals surface area contributed by atoms with Gasteiger partial charge in [-0.05, 0) is 18.9 Å². The number of nitrogens with zero attached hydrogens (tertiary/aromatic N) is 2. The van der Waals surface area contributed by atoms with E-state index in [1.54, 1.807) is 6.92 Å². The van der Waals surface area contributed by atoms with Gasteiger partial charge in [0.1, 0.15) is 6.04 Å². The van der Waals surface area contributed by atoms with Gasteiger partial charge in [0, 0.05) is 32.2 Å². The van der Waals surface area contributed by atoms with Gasteiger partial charge in [0.25, 0.3) is 0 Å². The number of carbonyl (C=O) groups is 1. The standard InChI is InChI=1S/C17H26N2O2/c1-3-7-16-13-18(14(2)17(20)21)10-11-19(16)12-15-8-5-4-6-9-15/h4-6,8-9,14,16H,3,7,10-13H2,1-2H3,(H,20,21). The molecule has 1 aliphatic rings. The van der Waals surface area contributed by atoms with Crippen molar-refractivity contribution in [2.75, 3.05) is 19.6 Å². The molecule has 2 atom stereocenters. The van der Waals surface area contributed by atoms with Crippen LogP contribution in [0.15, 0.2) is 30.3 Å². The highest BCUT2D eigenvalue weighted by Gasteiger charge is 2.31. The minimum Gasteiger partial charge on any atom is -0.480 e. The summed E-state index contributed by atoms with van der Waals surface area (Å²) in [5, 5.41) is 9.20. The van der Waals surface area contributed by atoms with Crippen molar-refractivity contribution in [3.8, 4) is 0 Å². The third-order valence-electron chi connectivity index (χ3n) is 4.39. The molecule has 1 N–H and O–H groups in total. The quantitative estimate of drug-likeness (QED) is 0.874. The second kappa shape index (κ2) is 7.57. The highest BCUT2D eigenvalue weighted by molar-refractivity contribution is 5.72. The fourth-order valence-corrected chi connectivity index (χ4v) is 3.06. The first-order valence-electron chi connectivity index (χ1n) is 7.86. The van der Waals surface area contributed by atoms with E-state index in [-0.39, 0.29) is 6.04 Å². The Balaban J connectivity index is 2.01. The average Bonchev–Trinajstić information content (AvgIpc) is 2.49. The highest BCUT2D eigenvalue weighted by atomic mass is 16.4. The van der Waals surface area contributed by atoms with Crippen LogP contribution in [0.1, 0.15) is 32.3 Å². The third-order valence-corrected chi connectivity index (χ3v) is 4.39. The number of aliphatic carboxylic acids is 1. The monoisotopic (exact) mass is 290 g/mol. The SMILES string of the molecule is CCCC1CN(C(C)C(=O)O)CCN1Cc1ccccc1. The van der Waals surface area contributed by atoms with Gasteiger partial charge in [-0.25, -0.2) is 0 Å². The van der Waals surface area contributed by atoms with Gasteiger partial charge in [-0.15, -0.1) is 0 Å². The maximum atomic E-state index is 11.2. The number of carboxylic acid groups (broad SMARTS) is 1. The Hall–Kier alpha value is -1.39. The molecular formula is C17H26N2O2. The number of benzene rings is 1. The Bertz CT molecular complexity index is 449. The van der Waals surface area contributed by atoms with Crippen LogP contribution in [0, 0.1) is 0 Å². The molecule has 0 aromatic heterocycles. The Labute approximate surface area is 127 Å². The Morgan fingerprint density at radius 2 is 2.05 bits per heavy atom. The molecule has 4 nitrogen and oxygen atoms in total. The lowest BCUT2D eigenvalue weighted by molar-refractivity contribution is -0.143. The molecule has 1 aromatic rings. The molecule has 0 radical (unpaired) electrons. The average molecular weight is 290 g/mol. The summed E-state index contributed by atoms with van der Waals surface area (Å²) in [5.41, 5.74) is 1.33. The van der Waals surface area contributed by atoms with Crippen molar-refractivity contribution in [2.24, 2.45) is 0 Å². The number of piperazine rings is 1. The zero-order valence-corrected chi connectivity index (χ0v) is 13.0. The topological polar surface area (TPSA) is 43.8 Å². The second-order valence-corrected chi connectivity index (χ2v) is 5.91. The van der Waals surface area contributed by atoms with Crippen LogP contribution in [-0.2, 0) is 11.3 Å². The van der Waals surface area contributed by atoms with Crippen LogP contribution in [0.3, 0.4) is 0 Å². The lowest BCUT2D eigenvalue weighted by atomic mass is 10.0. The molecule has 0 saturated carbocycles. The molecule has 4 heteroatoms. The van der Waals surface area contributed by atoms with Crippen molar-refractivity contribution in [1.82, 2.24) is 9.80 Å². The minimum atomic E-state index is -0.721. The fourth-order valence-electron chi connectivity index (χ4n) is 3.06. The van der Waals surface area contributed by atoms with E-state index in [0.29, 0.717) is 6.04 Å². The molecule has 0 amide bonds. The van der Waals surface area contributed by atoms with Crippen LogP contribution in [0.4, 0.5) is 0 Å². The first-order valence-corrected chi connectivity index (χ1v) is 7.86. The van der Waals surface area contributed by atoms with Gasteiger partial charge in [-0.3, -0.25) is 14.6 Å². The minimum absolute atomic E-state index is 0.386. The summed E-state index contributed by atoms with van der Waals surface area (Å²) in [6.45, 7) is 7.57. The maximum Gasteiger partial charge on any atom is 0.320 e. The van der Waals surface area contributed by atoms with Crippen LogP contribution >= 0.6 is 0 Å². The third kappa shape index (κ3) is 4.29. The smallest absolute Gasteiger partial charge is 0.320 e. The zero-order chi connectivity index (χ0) is 15.2. The van der Waals surface area contributed by atoms with E-state index in [0.717, 1.165) is 39.0 Å². The number of carboxylic acids is 1. The second-order valence-electron chi connectivity index (χ2n) is 5.91. The lowest BCUT2D eigenvalue weighted by Gasteiger charge is -2.43. The molecule has 0 bridgehead atoms.